The molecule has 0 bridgehead atoms. The number of carbonyl (C=O) groups is 1. The molecule has 1 aromatic heterocycles. The Labute approximate surface area is 160 Å². The van der Waals surface area contributed by atoms with Gasteiger partial charge in [-0.3, -0.25) is 23.5 Å². The second-order valence-electron chi connectivity index (χ2n) is 5.99. The SMILES string of the molecule is C=CCn1c(=O)c(=O)n(CC(=O)NCc2cccc(Cl)c2)c2ccccc21. The Morgan fingerprint density at radius 2 is 1.70 bits per heavy atom. The molecule has 1 heterocycles. The Morgan fingerprint density at radius 3 is 2.37 bits per heavy atom. The summed E-state index contributed by atoms with van der Waals surface area (Å²) < 4.78 is 2.55. The average Bonchev–Trinajstić information content (AvgIpc) is 2.67. The maximum Gasteiger partial charge on any atom is 0.317 e. The van der Waals surface area contributed by atoms with E-state index in [-0.39, 0.29) is 25.5 Å². The molecule has 0 saturated carbocycles. The van der Waals surface area contributed by atoms with E-state index in [0.717, 1.165) is 5.56 Å². The van der Waals surface area contributed by atoms with Crippen molar-refractivity contribution in [3.05, 3.63) is 92.5 Å². The lowest BCUT2D eigenvalue weighted by Gasteiger charge is -2.14. The molecule has 1 N–H and O–H groups in total. The third-order valence-corrected chi connectivity index (χ3v) is 4.36. The number of hydrogen-bond acceptors (Lipinski definition) is 3. The number of fused-ring (bicyclic) bond motifs is 1. The first-order valence-electron chi connectivity index (χ1n) is 8.35. The molecule has 27 heavy (non-hydrogen) atoms. The molecule has 0 aliphatic rings. The van der Waals surface area contributed by atoms with Crippen molar-refractivity contribution in [3.63, 3.8) is 0 Å². The fraction of sp³-hybridized carbons (Fsp3) is 0.150. The highest BCUT2D eigenvalue weighted by atomic mass is 35.5. The first kappa shape index (κ1) is 18.7. The number of nitrogens with zero attached hydrogens (tertiary/aromatic N) is 2. The molecule has 138 valence electrons. The minimum Gasteiger partial charge on any atom is -0.350 e. The van der Waals surface area contributed by atoms with Crippen LogP contribution in [0, 0.1) is 0 Å². The Kier molecular flexibility index (Phi) is 5.57. The van der Waals surface area contributed by atoms with Gasteiger partial charge in [-0.25, -0.2) is 0 Å². The lowest BCUT2D eigenvalue weighted by molar-refractivity contribution is -0.121. The van der Waals surface area contributed by atoms with Crippen LogP contribution >= 0.6 is 11.6 Å². The molecule has 0 saturated heterocycles. The van der Waals surface area contributed by atoms with E-state index >= 15 is 0 Å². The summed E-state index contributed by atoms with van der Waals surface area (Å²) in [5.74, 6) is -0.372. The van der Waals surface area contributed by atoms with Gasteiger partial charge in [-0.05, 0) is 29.8 Å². The van der Waals surface area contributed by atoms with Crippen LogP contribution in [0.5, 0.6) is 0 Å². The van der Waals surface area contributed by atoms with Gasteiger partial charge < -0.3 is 5.32 Å². The monoisotopic (exact) mass is 383 g/mol. The van der Waals surface area contributed by atoms with Gasteiger partial charge in [-0.1, -0.05) is 41.9 Å². The quantitative estimate of drug-likeness (QED) is 0.524. The number of para-hydroxylation sites is 2. The van der Waals surface area contributed by atoms with Crippen molar-refractivity contribution in [1.82, 2.24) is 14.5 Å². The molecule has 0 radical (unpaired) electrons. The molecular weight excluding hydrogens is 366 g/mol. The maximum atomic E-state index is 12.5. The minimum absolute atomic E-state index is 0.219. The van der Waals surface area contributed by atoms with E-state index in [1.807, 2.05) is 6.07 Å². The maximum absolute atomic E-state index is 12.5. The van der Waals surface area contributed by atoms with E-state index in [4.69, 9.17) is 11.6 Å². The average molecular weight is 384 g/mol. The largest absolute Gasteiger partial charge is 0.350 e. The predicted molar refractivity (Wildman–Crippen MR) is 106 cm³/mol. The van der Waals surface area contributed by atoms with Crippen LogP contribution < -0.4 is 16.4 Å². The van der Waals surface area contributed by atoms with Crippen LogP contribution in [0.2, 0.25) is 5.02 Å². The van der Waals surface area contributed by atoms with Crippen molar-refractivity contribution in [3.8, 4) is 0 Å². The van der Waals surface area contributed by atoms with Gasteiger partial charge in [0.15, 0.2) is 0 Å². The first-order valence-corrected chi connectivity index (χ1v) is 8.73. The topological polar surface area (TPSA) is 73.1 Å². The second-order valence-corrected chi connectivity index (χ2v) is 6.43. The Bertz CT molecular complexity index is 1130. The van der Waals surface area contributed by atoms with E-state index < -0.39 is 11.1 Å². The number of allylic oxidation sites excluding steroid dienone is 1. The van der Waals surface area contributed by atoms with Crippen molar-refractivity contribution in [2.75, 3.05) is 0 Å². The van der Waals surface area contributed by atoms with Gasteiger partial charge in [0.05, 0.1) is 11.0 Å². The number of amides is 1. The van der Waals surface area contributed by atoms with Crippen molar-refractivity contribution in [1.29, 1.82) is 0 Å². The van der Waals surface area contributed by atoms with Crippen molar-refractivity contribution in [2.24, 2.45) is 0 Å². The van der Waals surface area contributed by atoms with Crippen molar-refractivity contribution in [2.45, 2.75) is 19.6 Å². The highest BCUT2D eigenvalue weighted by Gasteiger charge is 2.14. The summed E-state index contributed by atoms with van der Waals surface area (Å²) in [6.45, 7) is 3.87. The number of halogens is 1. The molecule has 7 heteroatoms. The van der Waals surface area contributed by atoms with Gasteiger partial charge in [-0.15, -0.1) is 6.58 Å². The molecule has 3 aromatic rings. The molecule has 0 atom stereocenters. The second kappa shape index (κ2) is 8.05. The van der Waals surface area contributed by atoms with Crippen molar-refractivity contribution >= 4 is 28.5 Å². The highest BCUT2D eigenvalue weighted by Crippen LogP contribution is 2.11. The number of nitrogens with one attached hydrogen (secondary N) is 1. The molecule has 3 rings (SSSR count). The predicted octanol–water partition coefficient (Wildman–Crippen LogP) is 2.32. The van der Waals surface area contributed by atoms with Crippen LogP contribution in [0.15, 0.2) is 70.8 Å². The zero-order valence-electron chi connectivity index (χ0n) is 14.5. The van der Waals surface area contributed by atoms with Crippen LogP contribution in [-0.4, -0.2) is 15.0 Å². The number of benzene rings is 2. The molecule has 1 amide bonds. The molecule has 2 aromatic carbocycles. The summed E-state index contributed by atoms with van der Waals surface area (Å²) in [6, 6.07) is 14.1. The number of carbonyl (C=O) groups excluding carboxylic acids is 1. The van der Waals surface area contributed by atoms with Gasteiger partial charge in [-0.2, -0.15) is 0 Å². The third kappa shape index (κ3) is 4.01. The van der Waals surface area contributed by atoms with Gasteiger partial charge in [0.1, 0.15) is 6.54 Å². The fourth-order valence-corrected chi connectivity index (χ4v) is 3.10. The van der Waals surface area contributed by atoms with Crippen LogP contribution in [0.3, 0.4) is 0 Å². The third-order valence-electron chi connectivity index (χ3n) is 4.13. The van der Waals surface area contributed by atoms with Crippen LogP contribution in [0.25, 0.3) is 11.0 Å². The lowest BCUT2D eigenvalue weighted by atomic mass is 10.2. The molecule has 0 unspecified atom stereocenters. The summed E-state index contributed by atoms with van der Waals surface area (Å²) in [5, 5.41) is 3.32. The summed E-state index contributed by atoms with van der Waals surface area (Å²) >= 11 is 5.93. The molecule has 0 aliphatic heterocycles. The zero-order valence-corrected chi connectivity index (χ0v) is 15.3. The molecule has 0 fully saturated rings. The van der Waals surface area contributed by atoms with E-state index in [1.54, 1.807) is 48.5 Å². The van der Waals surface area contributed by atoms with Crippen molar-refractivity contribution < 1.29 is 4.79 Å². The number of hydrogen-bond donors (Lipinski definition) is 1. The van der Waals surface area contributed by atoms with Crippen LogP contribution in [0.1, 0.15) is 5.56 Å². The van der Waals surface area contributed by atoms with Crippen LogP contribution in [0.4, 0.5) is 0 Å². The molecule has 0 spiro atoms. The highest BCUT2D eigenvalue weighted by molar-refractivity contribution is 6.30. The Morgan fingerprint density at radius 1 is 1.04 bits per heavy atom. The van der Waals surface area contributed by atoms with E-state index in [1.165, 1.54) is 9.13 Å². The summed E-state index contributed by atoms with van der Waals surface area (Å²) in [4.78, 5) is 37.3. The lowest BCUT2D eigenvalue weighted by Crippen LogP contribution is -2.43. The van der Waals surface area contributed by atoms with Gasteiger partial charge in [0.25, 0.3) is 0 Å². The standard InChI is InChI=1S/C20H18ClN3O3/c1-2-10-23-16-8-3-4-9-17(16)24(20(27)19(23)26)13-18(25)22-12-14-6-5-7-15(21)11-14/h2-9,11H,1,10,12-13H2,(H,22,25). The smallest absolute Gasteiger partial charge is 0.317 e. The Hall–Kier alpha value is -3.12. The van der Waals surface area contributed by atoms with E-state index in [0.29, 0.717) is 16.1 Å². The van der Waals surface area contributed by atoms with Gasteiger partial charge in [0.2, 0.25) is 5.91 Å². The number of rotatable bonds is 6. The zero-order chi connectivity index (χ0) is 19.4. The minimum atomic E-state index is -0.742. The number of aromatic nitrogens is 2. The summed E-state index contributed by atoms with van der Waals surface area (Å²) in [6.07, 6.45) is 1.55. The van der Waals surface area contributed by atoms with E-state index in [9.17, 15) is 14.4 Å². The summed E-state index contributed by atoms with van der Waals surface area (Å²) in [7, 11) is 0. The molecule has 0 aliphatic carbocycles. The van der Waals surface area contributed by atoms with E-state index in [2.05, 4.69) is 11.9 Å². The normalized spacial score (nSPS) is 10.7. The summed E-state index contributed by atoms with van der Waals surface area (Å²) in [5.41, 5.74) is 0.505. The first-order chi connectivity index (χ1) is 13.0. The van der Waals surface area contributed by atoms with Gasteiger partial charge >= 0.3 is 11.1 Å². The fourth-order valence-electron chi connectivity index (χ4n) is 2.88. The Balaban J connectivity index is 1.90. The molecule has 6 nitrogen and oxygen atoms in total. The van der Waals surface area contributed by atoms with Crippen LogP contribution in [-0.2, 0) is 24.4 Å². The van der Waals surface area contributed by atoms with Gasteiger partial charge in [0, 0.05) is 18.1 Å². The molecular formula is C20H18ClN3O3.